The minimum atomic E-state index is -0.0802. The molecule has 1 aliphatic heterocycles. The second-order valence-electron chi connectivity index (χ2n) is 7.91. The molecule has 26 heavy (non-hydrogen) atoms. The summed E-state index contributed by atoms with van der Waals surface area (Å²) in [5, 5.41) is 3.42. The number of benzene rings is 1. The predicted octanol–water partition coefficient (Wildman–Crippen LogP) is 4.29. The van der Waals surface area contributed by atoms with Gasteiger partial charge in [-0.25, -0.2) is 0 Å². The Balaban J connectivity index is 1.36. The molecule has 4 heteroatoms. The van der Waals surface area contributed by atoms with Gasteiger partial charge in [-0.15, -0.1) is 0 Å². The van der Waals surface area contributed by atoms with Crippen molar-refractivity contribution in [2.75, 3.05) is 26.8 Å². The Kier molecular flexibility index (Phi) is 7.36. The van der Waals surface area contributed by atoms with E-state index in [0.29, 0.717) is 24.2 Å². The van der Waals surface area contributed by atoms with Crippen molar-refractivity contribution in [3.63, 3.8) is 0 Å². The second kappa shape index (κ2) is 9.96. The first-order valence-corrected chi connectivity index (χ1v) is 10.2. The Morgan fingerprint density at radius 2 is 1.65 bits per heavy atom. The number of carbonyl (C=O) groups excluding carboxylic acids is 1. The van der Waals surface area contributed by atoms with Gasteiger partial charge in [-0.2, -0.15) is 0 Å². The van der Waals surface area contributed by atoms with Crippen LogP contribution in [0.3, 0.4) is 0 Å². The molecule has 3 rings (SSSR count). The fraction of sp³-hybridized carbons (Fsp3) is 0.682. The third-order valence-electron chi connectivity index (χ3n) is 6.13. The van der Waals surface area contributed by atoms with E-state index in [0.717, 1.165) is 31.9 Å². The molecule has 2 fully saturated rings. The lowest BCUT2D eigenvalue weighted by molar-refractivity contribution is -0.141. The highest BCUT2D eigenvalue weighted by atomic mass is 16.5. The van der Waals surface area contributed by atoms with Crippen LogP contribution in [-0.2, 0) is 9.53 Å². The average Bonchev–Trinajstić information content (AvgIpc) is 2.72. The van der Waals surface area contributed by atoms with Gasteiger partial charge < -0.3 is 14.8 Å². The lowest BCUT2D eigenvalue weighted by Crippen LogP contribution is -2.26. The molecule has 1 aromatic carbocycles. The SMILES string of the molecule is COC(=O)CCC1CCC(COc2ccc(C3CCNCC3)cc2)CC1. The van der Waals surface area contributed by atoms with Gasteiger partial charge in [-0.1, -0.05) is 25.0 Å². The Labute approximate surface area is 157 Å². The van der Waals surface area contributed by atoms with E-state index in [1.54, 1.807) is 0 Å². The number of rotatable bonds is 7. The highest BCUT2D eigenvalue weighted by Gasteiger charge is 2.22. The van der Waals surface area contributed by atoms with E-state index in [4.69, 9.17) is 9.47 Å². The Hall–Kier alpha value is -1.55. The van der Waals surface area contributed by atoms with Crippen molar-refractivity contribution in [2.45, 2.75) is 57.3 Å². The summed E-state index contributed by atoms with van der Waals surface area (Å²) in [6.45, 7) is 3.08. The molecule has 1 aliphatic carbocycles. The third kappa shape index (κ3) is 5.73. The maximum absolute atomic E-state index is 11.3. The molecule has 1 N–H and O–H groups in total. The highest BCUT2D eigenvalue weighted by molar-refractivity contribution is 5.69. The molecule has 1 aromatic rings. The Bertz CT molecular complexity index is 543. The van der Waals surface area contributed by atoms with Crippen LogP contribution in [0.25, 0.3) is 0 Å². The van der Waals surface area contributed by atoms with Crippen LogP contribution in [0.1, 0.15) is 62.8 Å². The molecule has 1 saturated carbocycles. The summed E-state index contributed by atoms with van der Waals surface area (Å²) < 4.78 is 10.8. The molecule has 1 heterocycles. The first-order chi connectivity index (χ1) is 12.7. The van der Waals surface area contributed by atoms with Gasteiger partial charge in [-0.05, 0) is 80.6 Å². The maximum Gasteiger partial charge on any atom is 0.305 e. The van der Waals surface area contributed by atoms with Crippen LogP contribution in [0, 0.1) is 11.8 Å². The second-order valence-corrected chi connectivity index (χ2v) is 7.91. The van der Waals surface area contributed by atoms with Crippen LogP contribution >= 0.6 is 0 Å². The summed E-state index contributed by atoms with van der Waals surface area (Å²) >= 11 is 0. The zero-order valence-corrected chi connectivity index (χ0v) is 16.0. The van der Waals surface area contributed by atoms with Crippen LogP contribution < -0.4 is 10.1 Å². The van der Waals surface area contributed by atoms with Gasteiger partial charge in [0.05, 0.1) is 13.7 Å². The van der Waals surface area contributed by atoms with Crippen molar-refractivity contribution >= 4 is 5.97 Å². The minimum Gasteiger partial charge on any atom is -0.493 e. The Morgan fingerprint density at radius 1 is 1.00 bits per heavy atom. The minimum absolute atomic E-state index is 0.0802. The third-order valence-corrected chi connectivity index (χ3v) is 6.13. The van der Waals surface area contributed by atoms with Gasteiger partial charge in [0.15, 0.2) is 0 Å². The quantitative estimate of drug-likeness (QED) is 0.738. The van der Waals surface area contributed by atoms with E-state index in [1.165, 1.54) is 51.2 Å². The van der Waals surface area contributed by atoms with Crippen molar-refractivity contribution in [1.82, 2.24) is 5.32 Å². The van der Waals surface area contributed by atoms with Crippen LogP contribution in [0.15, 0.2) is 24.3 Å². The maximum atomic E-state index is 11.3. The first kappa shape index (κ1) is 19.2. The van der Waals surface area contributed by atoms with Gasteiger partial charge in [0.2, 0.25) is 0 Å². The molecule has 4 nitrogen and oxygen atoms in total. The van der Waals surface area contributed by atoms with Gasteiger partial charge in [0.25, 0.3) is 0 Å². The number of esters is 1. The zero-order valence-electron chi connectivity index (χ0n) is 16.0. The number of hydrogen-bond donors (Lipinski definition) is 1. The predicted molar refractivity (Wildman–Crippen MR) is 103 cm³/mol. The van der Waals surface area contributed by atoms with Crippen molar-refractivity contribution in [1.29, 1.82) is 0 Å². The molecule has 0 atom stereocenters. The molecular weight excluding hydrogens is 326 g/mol. The number of nitrogens with one attached hydrogen (secondary N) is 1. The normalized spacial score (nSPS) is 24.2. The zero-order chi connectivity index (χ0) is 18.2. The van der Waals surface area contributed by atoms with Crippen LogP contribution in [-0.4, -0.2) is 32.8 Å². The number of piperidine rings is 1. The van der Waals surface area contributed by atoms with Crippen molar-refractivity contribution in [3.05, 3.63) is 29.8 Å². The van der Waals surface area contributed by atoms with E-state index in [1.807, 2.05) is 0 Å². The highest BCUT2D eigenvalue weighted by Crippen LogP contribution is 2.32. The standard InChI is InChI=1S/C22H33NO3/c1-25-22(24)11-6-17-2-4-18(5-3-17)16-26-21-9-7-19(8-10-21)20-12-14-23-15-13-20/h7-10,17-18,20,23H,2-6,11-16H2,1H3. The van der Waals surface area contributed by atoms with Gasteiger partial charge >= 0.3 is 5.97 Å². The van der Waals surface area contributed by atoms with Crippen molar-refractivity contribution in [2.24, 2.45) is 11.8 Å². The molecular formula is C22H33NO3. The fourth-order valence-corrected chi connectivity index (χ4v) is 4.32. The summed E-state index contributed by atoms with van der Waals surface area (Å²) in [6.07, 6.45) is 8.83. The summed E-state index contributed by atoms with van der Waals surface area (Å²) in [4.78, 5) is 11.3. The molecule has 2 aliphatic rings. The van der Waals surface area contributed by atoms with Gasteiger partial charge in [-0.3, -0.25) is 4.79 Å². The van der Waals surface area contributed by atoms with E-state index >= 15 is 0 Å². The molecule has 0 amide bonds. The average molecular weight is 360 g/mol. The molecule has 1 saturated heterocycles. The first-order valence-electron chi connectivity index (χ1n) is 10.2. The van der Waals surface area contributed by atoms with E-state index in [2.05, 4.69) is 29.6 Å². The summed E-state index contributed by atoms with van der Waals surface area (Å²) in [6, 6.07) is 8.77. The fourth-order valence-electron chi connectivity index (χ4n) is 4.32. The lowest BCUT2D eigenvalue weighted by atomic mass is 9.80. The van der Waals surface area contributed by atoms with Gasteiger partial charge in [0, 0.05) is 6.42 Å². The van der Waals surface area contributed by atoms with E-state index in [9.17, 15) is 4.79 Å². The summed E-state index contributed by atoms with van der Waals surface area (Å²) in [5.41, 5.74) is 1.45. The summed E-state index contributed by atoms with van der Waals surface area (Å²) in [7, 11) is 1.47. The number of methoxy groups -OCH3 is 1. The number of hydrogen-bond acceptors (Lipinski definition) is 4. The van der Waals surface area contributed by atoms with Crippen molar-refractivity contribution < 1.29 is 14.3 Å². The monoisotopic (exact) mass is 359 g/mol. The van der Waals surface area contributed by atoms with E-state index in [-0.39, 0.29) is 5.97 Å². The molecule has 0 aromatic heterocycles. The van der Waals surface area contributed by atoms with Crippen LogP contribution in [0.4, 0.5) is 0 Å². The van der Waals surface area contributed by atoms with Gasteiger partial charge in [0.1, 0.15) is 5.75 Å². The Morgan fingerprint density at radius 3 is 2.31 bits per heavy atom. The summed E-state index contributed by atoms with van der Waals surface area (Å²) in [5.74, 6) is 2.94. The molecule has 0 bridgehead atoms. The largest absolute Gasteiger partial charge is 0.493 e. The lowest BCUT2D eigenvalue weighted by Gasteiger charge is -2.28. The number of carbonyl (C=O) groups is 1. The van der Waals surface area contributed by atoms with E-state index < -0.39 is 0 Å². The molecule has 0 radical (unpaired) electrons. The smallest absolute Gasteiger partial charge is 0.305 e. The van der Waals surface area contributed by atoms with Crippen LogP contribution in [0.5, 0.6) is 5.75 Å². The van der Waals surface area contributed by atoms with Crippen LogP contribution in [0.2, 0.25) is 0 Å². The molecule has 144 valence electrons. The molecule has 0 spiro atoms. The topological polar surface area (TPSA) is 47.6 Å². The molecule has 0 unspecified atom stereocenters. The number of ether oxygens (including phenoxy) is 2. The van der Waals surface area contributed by atoms with Crippen molar-refractivity contribution in [3.8, 4) is 5.75 Å².